The summed E-state index contributed by atoms with van der Waals surface area (Å²) in [4.78, 5) is 23.8. The summed E-state index contributed by atoms with van der Waals surface area (Å²) >= 11 is 0. The van der Waals surface area contributed by atoms with Crippen LogP contribution in [-0.4, -0.2) is 51.3 Å². The molecule has 8 heteroatoms. The van der Waals surface area contributed by atoms with Crippen molar-refractivity contribution in [2.45, 2.75) is 11.7 Å². The Morgan fingerprint density at radius 2 is 1.67 bits per heavy atom. The van der Waals surface area contributed by atoms with Crippen molar-refractivity contribution in [3.63, 3.8) is 0 Å². The second kappa shape index (κ2) is 8.29. The van der Waals surface area contributed by atoms with E-state index in [-0.39, 0.29) is 0 Å². The van der Waals surface area contributed by atoms with E-state index in [4.69, 9.17) is 18.9 Å². The van der Waals surface area contributed by atoms with Crippen molar-refractivity contribution < 1.29 is 33.6 Å². The second-order valence-electron chi connectivity index (χ2n) is 4.76. The number of carboxylic acid groups (broad SMARTS) is 1. The number of methoxy groups -OCH3 is 4. The number of carbonyl (C=O) groups excluding carboxylic acids is 1. The highest BCUT2D eigenvalue weighted by molar-refractivity contribution is 5.83. The summed E-state index contributed by atoms with van der Waals surface area (Å²) in [5.41, 5.74) is 0.346. The molecule has 0 aliphatic rings. The number of aliphatic carboxylic acids is 1. The van der Waals surface area contributed by atoms with Crippen LogP contribution in [-0.2, 0) is 23.8 Å². The Bertz CT molecular complexity index is 616. The van der Waals surface area contributed by atoms with Crippen LogP contribution in [0.15, 0.2) is 24.3 Å². The Balaban J connectivity index is 3.59. The zero-order valence-electron chi connectivity index (χ0n) is 13.8. The highest BCUT2D eigenvalue weighted by Crippen LogP contribution is 2.39. The van der Waals surface area contributed by atoms with Gasteiger partial charge in [-0.25, -0.2) is 4.79 Å². The average molecular weight is 337 g/mol. The maximum Gasteiger partial charge on any atom is 0.367 e. The van der Waals surface area contributed by atoms with Crippen molar-refractivity contribution in [3.8, 4) is 11.8 Å². The molecule has 0 amide bonds. The van der Waals surface area contributed by atoms with Gasteiger partial charge in [0.1, 0.15) is 5.75 Å². The van der Waals surface area contributed by atoms with Crippen molar-refractivity contribution >= 4 is 11.9 Å². The summed E-state index contributed by atoms with van der Waals surface area (Å²) in [5.74, 6) is -6.82. The number of hydrogen-bond acceptors (Lipinski definition) is 7. The van der Waals surface area contributed by atoms with Gasteiger partial charge in [-0.1, -0.05) is 12.1 Å². The number of benzene rings is 1. The quantitative estimate of drug-likeness (QED) is 0.555. The minimum Gasteiger partial charge on any atom is -0.497 e. The van der Waals surface area contributed by atoms with E-state index in [0.717, 1.165) is 7.11 Å². The van der Waals surface area contributed by atoms with Gasteiger partial charge in [-0.2, -0.15) is 5.26 Å². The number of esters is 1. The first kappa shape index (κ1) is 19.4. The first-order valence-electron chi connectivity index (χ1n) is 6.86. The summed E-state index contributed by atoms with van der Waals surface area (Å²) in [5, 5.41) is 18.7. The van der Waals surface area contributed by atoms with Crippen LogP contribution < -0.4 is 4.74 Å². The van der Waals surface area contributed by atoms with Crippen molar-refractivity contribution in [1.29, 1.82) is 5.26 Å². The largest absolute Gasteiger partial charge is 0.497 e. The second-order valence-corrected chi connectivity index (χ2v) is 4.76. The summed E-state index contributed by atoms with van der Waals surface area (Å²) in [6, 6.07) is 7.90. The van der Waals surface area contributed by atoms with Crippen LogP contribution in [0.25, 0.3) is 0 Å². The topological polar surface area (TPSA) is 115 Å². The molecule has 2 unspecified atom stereocenters. The summed E-state index contributed by atoms with van der Waals surface area (Å²) in [7, 11) is 4.94. The molecule has 0 spiro atoms. The lowest BCUT2D eigenvalue weighted by Gasteiger charge is -2.36. The molecule has 0 fully saturated rings. The third-order valence-corrected chi connectivity index (χ3v) is 3.70. The van der Waals surface area contributed by atoms with Crippen LogP contribution >= 0.6 is 0 Å². The molecule has 1 N–H and O–H groups in total. The zero-order valence-corrected chi connectivity index (χ0v) is 13.8. The van der Waals surface area contributed by atoms with Crippen molar-refractivity contribution in [2.75, 3.05) is 28.4 Å². The van der Waals surface area contributed by atoms with Gasteiger partial charge in [0.25, 0.3) is 5.79 Å². The first-order chi connectivity index (χ1) is 11.4. The van der Waals surface area contributed by atoms with Gasteiger partial charge in [-0.15, -0.1) is 0 Å². The molecule has 1 aromatic rings. The Kier molecular flexibility index (Phi) is 6.70. The molecule has 130 valence electrons. The van der Waals surface area contributed by atoms with Gasteiger partial charge in [-0.3, -0.25) is 4.79 Å². The molecule has 0 saturated carbocycles. The maximum atomic E-state index is 12.3. The van der Waals surface area contributed by atoms with E-state index in [1.807, 2.05) is 0 Å². The molecule has 1 aromatic carbocycles. The number of carbonyl (C=O) groups is 2. The minimum absolute atomic E-state index is 0.346. The fraction of sp³-hybridized carbons (Fsp3) is 0.438. The summed E-state index contributed by atoms with van der Waals surface area (Å²) in [6.07, 6.45) is 0. The van der Waals surface area contributed by atoms with Gasteiger partial charge in [0.2, 0.25) is 0 Å². The number of hydrogen-bond donors (Lipinski definition) is 1. The van der Waals surface area contributed by atoms with Crippen LogP contribution in [0.2, 0.25) is 0 Å². The van der Waals surface area contributed by atoms with E-state index in [2.05, 4.69) is 0 Å². The summed E-state index contributed by atoms with van der Waals surface area (Å²) in [6.45, 7) is 0. The predicted molar refractivity (Wildman–Crippen MR) is 81.2 cm³/mol. The smallest absolute Gasteiger partial charge is 0.367 e. The molecule has 0 saturated heterocycles. The van der Waals surface area contributed by atoms with E-state index in [0.29, 0.717) is 11.3 Å². The number of nitrogens with zero attached hydrogens (tertiary/aromatic N) is 1. The third-order valence-electron chi connectivity index (χ3n) is 3.70. The zero-order chi connectivity index (χ0) is 18.3. The molecule has 24 heavy (non-hydrogen) atoms. The van der Waals surface area contributed by atoms with Gasteiger partial charge in [0.05, 0.1) is 26.2 Å². The monoisotopic (exact) mass is 337 g/mol. The van der Waals surface area contributed by atoms with Crippen molar-refractivity contribution in [3.05, 3.63) is 29.8 Å². The highest BCUT2D eigenvalue weighted by atomic mass is 16.7. The normalized spacial score (nSPS) is 13.5. The highest BCUT2D eigenvalue weighted by Gasteiger charge is 2.54. The molecule has 0 aromatic heterocycles. The average Bonchev–Trinajstić information content (AvgIpc) is 2.61. The Morgan fingerprint density at radius 3 is 2.00 bits per heavy atom. The van der Waals surface area contributed by atoms with E-state index in [1.54, 1.807) is 18.2 Å². The summed E-state index contributed by atoms with van der Waals surface area (Å²) < 4.78 is 20.2. The predicted octanol–water partition coefficient (Wildman–Crippen LogP) is 1.17. The molecule has 2 atom stereocenters. The number of rotatable bonds is 8. The molecule has 0 heterocycles. The fourth-order valence-electron chi connectivity index (χ4n) is 2.49. The van der Waals surface area contributed by atoms with E-state index in [1.165, 1.54) is 33.5 Å². The molecule has 8 nitrogen and oxygen atoms in total. The van der Waals surface area contributed by atoms with Gasteiger partial charge >= 0.3 is 11.9 Å². The van der Waals surface area contributed by atoms with E-state index >= 15 is 0 Å². The first-order valence-corrected chi connectivity index (χ1v) is 6.86. The lowest BCUT2D eigenvalue weighted by atomic mass is 9.79. The van der Waals surface area contributed by atoms with Crippen molar-refractivity contribution in [2.24, 2.45) is 5.92 Å². The Morgan fingerprint density at radius 1 is 1.12 bits per heavy atom. The van der Waals surface area contributed by atoms with Gasteiger partial charge in [0.15, 0.2) is 5.92 Å². The Hall–Kier alpha value is -2.63. The number of carboxylic acids is 1. The number of nitriles is 1. The van der Waals surface area contributed by atoms with Crippen LogP contribution in [0.1, 0.15) is 11.5 Å². The lowest BCUT2D eigenvalue weighted by Crippen LogP contribution is -2.52. The molecule has 0 bridgehead atoms. The van der Waals surface area contributed by atoms with Crippen LogP contribution in [0, 0.1) is 17.2 Å². The van der Waals surface area contributed by atoms with Crippen LogP contribution in [0.4, 0.5) is 0 Å². The maximum absolute atomic E-state index is 12.3. The van der Waals surface area contributed by atoms with E-state index in [9.17, 15) is 20.0 Å². The molecule has 0 aliphatic heterocycles. The molecule has 0 aliphatic carbocycles. The third kappa shape index (κ3) is 3.48. The SMILES string of the molecule is COC(=O)C(OC)(OC)C(c1ccc(OC)cc1)C(C#N)C(=O)O. The Labute approximate surface area is 139 Å². The molecule has 0 radical (unpaired) electrons. The molecular weight excluding hydrogens is 318 g/mol. The van der Waals surface area contributed by atoms with Gasteiger partial charge in [0, 0.05) is 14.2 Å². The standard InChI is InChI=1S/C16H19NO7/c1-21-11-7-5-10(6-8-11)13(12(9-17)14(18)19)16(23-3,24-4)15(20)22-2/h5-8,12-13H,1-4H3,(H,18,19). The van der Waals surface area contributed by atoms with Crippen LogP contribution in [0.3, 0.4) is 0 Å². The van der Waals surface area contributed by atoms with Gasteiger partial charge < -0.3 is 24.1 Å². The van der Waals surface area contributed by atoms with Gasteiger partial charge in [-0.05, 0) is 17.7 Å². The van der Waals surface area contributed by atoms with Crippen molar-refractivity contribution in [1.82, 2.24) is 0 Å². The number of ether oxygens (including phenoxy) is 4. The fourth-order valence-corrected chi connectivity index (χ4v) is 2.49. The molecule has 1 rings (SSSR count). The molecular formula is C16H19NO7. The van der Waals surface area contributed by atoms with E-state index < -0.39 is 29.6 Å². The minimum atomic E-state index is -2.10. The lowest BCUT2D eigenvalue weighted by molar-refractivity contribution is -0.240. The van der Waals surface area contributed by atoms with Crippen LogP contribution in [0.5, 0.6) is 5.75 Å².